The lowest BCUT2D eigenvalue weighted by atomic mass is 9.83. The van der Waals surface area contributed by atoms with Crippen LogP contribution in [-0.4, -0.2) is 40.9 Å². The number of hydrogen-bond acceptors (Lipinski definition) is 1. The molecule has 0 amide bonds. The van der Waals surface area contributed by atoms with E-state index in [9.17, 15) is 62.2 Å². The fourth-order valence-corrected chi connectivity index (χ4v) is 2.77. The highest BCUT2D eigenvalue weighted by atomic mass is 79.9. The van der Waals surface area contributed by atoms with E-state index < -0.39 is 53.4 Å². The second-order valence-electron chi connectivity index (χ2n) is 6.17. The van der Waals surface area contributed by atoms with Gasteiger partial charge in [0.15, 0.2) is 0 Å². The minimum Gasteiger partial charge on any atom is -0.388 e. The molecule has 0 spiro atoms. The molecule has 0 aromatic heterocycles. The van der Waals surface area contributed by atoms with Crippen LogP contribution in [0.2, 0.25) is 0 Å². The number of aliphatic hydroxyl groups excluding tert-OH is 1. The summed E-state index contributed by atoms with van der Waals surface area (Å²) in [7, 11) is 0. The van der Waals surface area contributed by atoms with E-state index in [0.717, 1.165) is 18.2 Å². The molecule has 0 saturated carbocycles. The lowest BCUT2D eigenvalue weighted by Gasteiger charge is -2.42. The molecule has 1 aromatic carbocycles. The summed E-state index contributed by atoms with van der Waals surface area (Å²) in [5.41, 5.74) is -0.601. The first-order valence-corrected chi connectivity index (χ1v) is 8.26. The van der Waals surface area contributed by atoms with Crippen LogP contribution in [0.15, 0.2) is 28.7 Å². The fourth-order valence-electron chi connectivity index (χ4n) is 2.25. The van der Waals surface area contributed by atoms with Gasteiger partial charge in [-0.05, 0) is 11.6 Å². The van der Waals surface area contributed by atoms with Gasteiger partial charge in [-0.15, -0.1) is 0 Å². The Morgan fingerprint density at radius 1 is 0.700 bits per heavy atom. The highest BCUT2D eigenvalue weighted by Gasteiger charge is 2.91. The number of alkyl halides is 13. The van der Waals surface area contributed by atoms with Crippen molar-refractivity contribution in [3.63, 3.8) is 0 Å². The van der Waals surface area contributed by atoms with Crippen molar-refractivity contribution in [2.24, 2.45) is 5.92 Å². The molecule has 0 radical (unpaired) electrons. The van der Waals surface area contributed by atoms with Crippen molar-refractivity contribution in [1.82, 2.24) is 0 Å². The first kappa shape index (κ1) is 26.8. The summed E-state index contributed by atoms with van der Waals surface area (Å²) >= 11 is 2.72. The maximum atomic E-state index is 14.1. The molecule has 2 unspecified atom stereocenters. The van der Waals surface area contributed by atoms with Gasteiger partial charge in [0.1, 0.15) is 0 Å². The molecule has 2 atom stereocenters. The molecule has 1 N–H and O–H groups in total. The third kappa shape index (κ3) is 3.75. The maximum absolute atomic E-state index is 14.1. The largest absolute Gasteiger partial charge is 0.460 e. The summed E-state index contributed by atoms with van der Waals surface area (Å²) in [6, 6.07) is 4.28. The summed E-state index contributed by atoms with van der Waals surface area (Å²) in [6.07, 6.45) is -10.2. The van der Waals surface area contributed by atoms with E-state index in [0.29, 0.717) is 0 Å². The van der Waals surface area contributed by atoms with E-state index in [1.165, 1.54) is 6.07 Å². The van der Waals surface area contributed by atoms with Crippen molar-refractivity contribution < 1.29 is 62.2 Å². The highest BCUT2D eigenvalue weighted by molar-refractivity contribution is 9.10. The van der Waals surface area contributed by atoms with Crippen molar-refractivity contribution in [2.75, 3.05) is 0 Å². The molecular formula is C15H10BrF13O. The molecule has 0 aliphatic heterocycles. The van der Waals surface area contributed by atoms with Crippen LogP contribution >= 0.6 is 15.9 Å². The third-order valence-electron chi connectivity index (χ3n) is 4.23. The van der Waals surface area contributed by atoms with Crippen molar-refractivity contribution >= 4 is 15.9 Å². The summed E-state index contributed by atoms with van der Waals surface area (Å²) in [5.74, 6) is -40.8. The fraction of sp³-hybridized carbons (Fsp3) is 0.600. The second-order valence-corrected chi connectivity index (χ2v) is 7.03. The van der Waals surface area contributed by atoms with Gasteiger partial charge in [-0.3, -0.25) is 0 Å². The molecule has 15 heteroatoms. The van der Waals surface area contributed by atoms with E-state index in [1.54, 1.807) is 0 Å². The second kappa shape index (κ2) is 7.71. The summed E-state index contributed by atoms with van der Waals surface area (Å²) in [5, 5.41) is 9.82. The number of halogens is 14. The Hall–Kier alpha value is -1.25. The van der Waals surface area contributed by atoms with Crippen LogP contribution in [0.3, 0.4) is 0 Å². The molecule has 30 heavy (non-hydrogen) atoms. The molecule has 1 aromatic rings. The Morgan fingerprint density at radius 2 is 1.10 bits per heavy atom. The minimum absolute atomic E-state index is 0.00581. The number of rotatable bonds is 7. The van der Waals surface area contributed by atoms with E-state index in [4.69, 9.17) is 0 Å². The summed E-state index contributed by atoms with van der Waals surface area (Å²) in [6.45, 7) is -0.00581. The molecule has 174 valence electrons. The van der Waals surface area contributed by atoms with E-state index in [-0.39, 0.29) is 11.4 Å². The Bertz CT molecular complexity index is 759. The Balaban J connectivity index is 3.50. The van der Waals surface area contributed by atoms with Gasteiger partial charge in [0.2, 0.25) is 0 Å². The first-order valence-electron chi connectivity index (χ1n) is 7.47. The number of aliphatic hydroxyl groups is 1. The topological polar surface area (TPSA) is 20.2 Å². The summed E-state index contributed by atoms with van der Waals surface area (Å²) < 4.78 is 171. The average Bonchev–Trinajstić information content (AvgIpc) is 2.59. The molecule has 0 heterocycles. The van der Waals surface area contributed by atoms with Gasteiger partial charge < -0.3 is 5.11 Å². The predicted molar refractivity (Wildman–Crippen MR) is 79.1 cm³/mol. The van der Waals surface area contributed by atoms with Gasteiger partial charge in [0, 0.05) is 4.47 Å². The Labute approximate surface area is 168 Å². The highest BCUT2D eigenvalue weighted by Crippen LogP contribution is 2.62. The molecule has 1 rings (SSSR count). The molecule has 0 aliphatic rings. The van der Waals surface area contributed by atoms with Crippen molar-refractivity contribution in [3.8, 4) is 0 Å². The predicted octanol–water partition coefficient (Wildman–Crippen LogP) is 6.86. The first-order chi connectivity index (χ1) is 13.1. The smallest absolute Gasteiger partial charge is 0.388 e. The van der Waals surface area contributed by atoms with Crippen LogP contribution < -0.4 is 0 Å². The zero-order valence-corrected chi connectivity index (χ0v) is 15.8. The molecule has 0 aliphatic carbocycles. The monoisotopic (exact) mass is 532 g/mol. The van der Waals surface area contributed by atoms with Crippen LogP contribution in [0.25, 0.3) is 0 Å². The van der Waals surface area contributed by atoms with Crippen molar-refractivity contribution in [1.29, 1.82) is 0 Å². The normalized spacial score (nSPS) is 17.1. The molecule has 0 fully saturated rings. The molecule has 0 saturated heterocycles. The van der Waals surface area contributed by atoms with E-state index >= 15 is 0 Å². The molecular weight excluding hydrogens is 523 g/mol. The van der Waals surface area contributed by atoms with Crippen LogP contribution in [0, 0.1) is 5.92 Å². The Morgan fingerprint density at radius 3 is 1.50 bits per heavy atom. The molecule has 1 nitrogen and oxygen atoms in total. The van der Waals surface area contributed by atoms with Gasteiger partial charge in [-0.1, -0.05) is 41.1 Å². The van der Waals surface area contributed by atoms with E-state index in [1.807, 2.05) is 0 Å². The molecule has 0 bridgehead atoms. The quantitative estimate of drug-likeness (QED) is 0.380. The van der Waals surface area contributed by atoms with Gasteiger partial charge in [-0.2, -0.15) is 57.1 Å². The maximum Gasteiger partial charge on any atom is 0.460 e. The lowest BCUT2D eigenvalue weighted by molar-refractivity contribution is -0.444. The van der Waals surface area contributed by atoms with Crippen LogP contribution in [-0.2, 0) is 0 Å². The van der Waals surface area contributed by atoms with Gasteiger partial charge in [0.05, 0.1) is 12.0 Å². The van der Waals surface area contributed by atoms with Crippen LogP contribution in [0.1, 0.15) is 18.6 Å². The van der Waals surface area contributed by atoms with E-state index in [2.05, 4.69) is 15.9 Å². The third-order valence-corrected chi connectivity index (χ3v) is 4.95. The zero-order chi connectivity index (χ0) is 24.1. The number of hydrogen-bond donors (Lipinski definition) is 1. The van der Waals surface area contributed by atoms with Gasteiger partial charge >= 0.3 is 35.8 Å². The zero-order valence-electron chi connectivity index (χ0n) is 14.2. The van der Waals surface area contributed by atoms with Gasteiger partial charge in [-0.25, -0.2) is 0 Å². The minimum atomic E-state index is -7.97. The average molecular weight is 533 g/mol. The Kier molecular flexibility index (Phi) is 6.88. The SMILES string of the molecule is CC(C(O)c1ccccc1Br)C(F)(F)C(F)(F)C(F)(F)C(F)(F)C(F)(F)C(F)(F)F. The lowest BCUT2D eigenvalue weighted by Crippen LogP contribution is -2.71. The summed E-state index contributed by atoms with van der Waals surface area (Å²) in [4.78, 5) is 0. The van der Waals surface area contributed by atoms with Gasteiger partial charge in [0.25, 0.3) is 0 Å². The van der Waals surface area contributed by atoms with Crippen molar-refractivity contribution in [2.45, 2.75) is 48.8 Å². The number of benzene rings is 1. The van der Waals surface area contributed by atoms with Crippen molar-refractivity contribution in [3.05, 3.63) is 34.3 Å². The van der Waals surface area contributed by atoms with Crippen LogP contribution in [0.5, 0.6) is 0 Å². The standard InChI is InChI=1S/C15H10BrF13O/c1-6(9(30)7-4-2-3-5-8(7)16)10(17,18)11(19,20)12(21,22)13(23,24)14(25,26)15(27,28)29/h2-6,9,30H,1H3. The van der Waals surface area contributed by atoms with Crippen LogP contribution in [0.4, 0.5) is 57.1 Å².